The molecule has 0 aromatic heterocycles. The summed E-state index contributed by atoms with van der Waals surface area (Å²) in [6, 6.07) is 4.31. The lowest BCUT2D eigenvalue weighted by molar-refractivity contribution is -0.194. The molecular formula is C11H12N4O2. The number of nitrogens with zero attached hydrogens (tertiary/aromatic N) is 3. The Morgan fingerprint density at radius 2 is 2.12 bits per heavy atom. The van der Waals surface area contributed by atoms with E-state index in [9.17, 15) is 10.5 Å². The van der Waals surface area contributed by atoms with Gasteiger partial charge in [-0.15, -0.1) is 0 Å². The average molecular weight is 232 g/mol. The normalized spacial score (nSPS) is 54.9. The molecule has 0 bridgehead atoms. The van der Waals surface area contributed by atoms with Crippen molar-refractivity contribution in [1.29, 1.82) is 10.5 Å². The number of nitriles is 2. The zero-order chi connectivity index (χ0) is 12.5. The van der Waals surface area contributed by atoms with Crippen LogP contribution in [0.5, 0.6) is 0 Å². The minimum Gasteiger partial charge on any atom is -0.386 e. The van der Waals surface area contributed by atoms with E-state index in [2.05, 4.69) is 17.1 Å². The summed E-state index contributed by atoms with van der Waals surface area (Å²) in [7, 11) is 0. The standard InChI is InChI=1S/C11H12N4O2/c1-6-3-16-11(17-6)10(5-13)7(2)9(10,4-12)8(14)15-11/h6-7H,3H2,1-2H3,(H2,14,15)/t6-,7+,9+,10+,11-/m0/s1. The van der Waals surface area contributed by atoms with Crippen LogP contribution in [0, 0.1) is 39.4 Å². The Morgan fingerprint density at radius 3 is 2.53 bits per heavy atom. The average Bonchev–Trinajstić information content (AvgIpc) is 2.54. The summed E-state index contributed by atoms with van der Waals surface area (Å²) >= 11 is 0. The number of nitrogens with two attached hydrogens (primary N) is 1. The number of hydrogen-bond acceptors (Lipinski definition) is 6. The van der Waals surface area contributed by atoms with Crippen LogP contribution >= 0.6 is 0 Å². The fourth-order valence-corrected chi connectivity index (χ4v) is 3.28. The van der Waals surface area contributed by atoms with Gasteiger partial charge in [0.25, 0.3) is 5.91 Å². The monoisotopic (exact) mass is 232 g/mol. The number of ether oxygens (including phenoxy) is 2. The maximum Gasteiger partial charge on any atom is 0.293 e. The van der Waals surface area contributed by atoms with Crippen molar-refractivity contribution in [2.24, 2.45) is 27.5 Å². The fraction of sp³-hybridized carbons (Fsp3) is 0.727. The first-order valence-electron chi connectivity index (χ1n) is 5.51. The van der Waals surface area contributed by atoms with Crippen molar-refractivity contribution in [3.8, 4) is 12.1 Å². The summed E-state index contributed by atoms with van der Waals surface area (Å²) < 4.78 is 11.2. The van der Waals surface area contributed by atoms with E-state index in [1.807, 2.05) is 13.8 Å². The molecule has 1 saturated heterocycles. The molecule has 1 aliphatic carbocycles. The van der Waals surface area contributed by atoms with E-state index >= 15 is 0 Å². The Morgan fingerprint density at radius 1 is 1.41 bits per heavy atom. The summed E-state index contributed by atoms with van der Waals surface area (Å²) in [6.07, 6.45) is -0.154. The molecule has 0 aromatic carbocycles. The Labute approximate surface area is 98.6 Å². The summed E-state index contributed by atoms with van der Waals surface area (Å²) in [5.41, 5.74) is 3.69. The second-order valence-electron chi connectivity index (χ2n) is 4.88. The lowest BCUT2D eigenvalue weighted by Crippen LogP contribution is -2.39. The number of fused-ring (bicyclic) bond motifs is 2. The predicted molar refractivity (Wildman–Crippen MR) is 56.1 cm³/mol. The Balaban J connectivity index is 2.18. The Hall–Kier alpha value is -1.63. The highest BCUT2D eigenvalue weighted by Crippen LogP contribution is 2.78. The smallest absolute Gasteiger partial charge is 0.293 e. The van der Waals surface area contributed by atoms with Gasteiger partial charge in [0.1, 0.15) is 11.3 Å². The van der Waals surface area contributed by atoms with E-state index in [4.69, 9.17) is 15.2 Å². The van der Waals surface area contributed by atoms with Gasteiger partial charge in [0, 0.05) is 5.92 Å². The van der Waals surface area contributed by atoms with E-state index in [0.717, 1.165) is 0 Å². The van der Waals surface area contributed by atoms with Crippen LogP contribution in [0.3, 0.4) is 0 Å². The van der Waals surface area contributed by atoms with Gasteiger partial charge in [-0.3, -0.25) is 0 Å². The zero-order valence-corrected chi connectivity index (χ0v) is 9.60. The third kappa shape index (κ3) is 0.744. The molecule has 0 aromatic rings. The third-order valence-electron chi connectivity index (χ3n) is 4.24. The van der Waals surface area contributed by atoms with E-state index in [0.29, 0.717) is 6.61 Å². The molecule has 2 aliphatic heterocycles. The van der Waals surface area contributed by atoms with Gasteiger partial charge >= 0.3 is 0 Å². The number of amidine groups is 1. The highest BCUT2D eigenvalue weighted by atomic mass is 16.8. The molecule has 6 heteroatoms. The van der Waals surface area contributed by atoms with Crippen molar-refractivity contribution >= 4 is 5.84 Å². The molecule has 1 spiro atoms. The van der Waals surface area contributed by atoms with Crippen molar-refractivity contribution in [1.82, 2.24) is 0 Å². The SMILES string of the molecule is C[C@H]1CO[C@]2(N=C(N)[C@@]3(C#N)[C@@H](C)[C@@]23C#N)O1. The second kappa shape index (κ2) is 2.61. The van der Waals surface area contributed by atoms with E-state index in [1.54, 1.807) is 0 Å². The number of hydrogen-bond donors (Lipinski definition) is 1. The Bertz CT molecular complexity index is 519. The maximum absolute atomic E-state index is 9.47. The zero-order valence-electron chi connectivity index (χ0n) is 9.60. The van der Waals surface area contributed by atoms with E-state index in [-0.39, 0.29) is 17.9 Å². The van der Waals surface area contributed by atoms with Crippen LogP contribution in [-0.2, 0) is 9.47 Å². The number of rotatable bonds is 0. The molecule has 0 amide bonds. The van der Waals surface area contributed by atoms with Crippen molar-refractivity contribution in [3.05, 3.63) is 0 Å². The van der Waals surface area contributed by atoms with Gasteiger partial charge in [-0.25, -0.2) is 4.99 Å². The molecule has 6 nitrogen and oxygen atoms in total. The van der Waals surface area contributed by atoms with Crippen molar-refractivity contribution < 1.29 is 9.47 Å². The van der Waals surface area contributed by atoms with Crippen LogP contribution in [0.2, 0.25) is 0 Å². The molecule has 0 radical (unpaired) electrons. The van der Waals surface area contributed by atoms with Crippen molar-refractivity contribution in [2.45, 2.75) is 25.9 Å². The topological polar surface area (TPSA) is 104 Å². The van der Waals surface area contributed by atoms with Gasteiger partial charge in [0.05, 0.1) is 24.8 Å². The minimum absolute atomic E-state index is 0.154. The molecule has 3 aliphatic rings. The molecule has 0 unspecified atom stereocenters. The summed E-state index contributed by atoms with van der Waals surface area (Å²) in [4.78, 5) is 4.14. The van der Waals surface area contributed by atoms with Crippen LogP contribution in [-0.4, -0.2) is 24.5 Å². The van der Waals surface area contributed by atoms with Crippen molar-refractivity contribution in [3.63, 3.8) is 0 Å². The molecule has 2 fully saturated rings. The molecular weight excluding hydrogens is 220 g/mol. The molecule has 88 valence electrons. The van der Waals surface area contributed by atoms with Gasteiger partial charge in [0.2, 0.25) is 0 Å². The van der Waals surface area contributed by atoms with E-state index < -0.39 is 16.7 Å². The second-order valence-corrected chi connectivity index (χ2v) is 4.88. The largest absolute Gasteiger partial charge is 0.386 e. The summed E-state index contributed by atoms with van der Waals surface area (Å²) in [5, 5.41) is 18.8. The highest BCUT2D eigenvalue weighted by molar-refractivity contribution is 5.98. The lowest BCUT2D eigenvalue weighted by atomic mass is 9.94. The predicted octanol–water partition coefficient (Wildman–Crippen LogP) is 0.116. The number of aliphatic imine (C=N–C) groups is 1. The van der Waals surface area contributed by atoms with Gasteiger partial charge in [0.15, 0.2) is 5.41 Å². The first kappa shape index (κ1) is 10.5. The molecule has 3 rings (SSSR count). The molecule has 2 heterocycles. The minimum atomic E-state index is -1.37. The van der Waals surface area contributed by atoms with E-state index in [1.165, 1.54) is 0 Å². The third-order valence-corrected chi connectivity index (χ3v) is 4.24. The maximum atomic E-state index is 9.47. The fourth-order valence-electron chi connectivity index (χ4n) is 3.28. The Kier molecular flexibility index (Phi) is 1.62. The summed E-state index contributed by atoms with van der Waals surface area (Å²) in [5.74, 6) is -1.45. The molecule has 1 saturated carbocycles. The van der Waals surface area contributed by atoms with Crippen LogP contribution in [0.1, 0.15) is 13.8 Å². The van der Waals surface area contributed by atoms with Gasteiger partial charge in [-0.05, 0) is 6.92 Å². The van der Waals surface area contributed by atoms with Gasteiger partial charge < -0.3 is 15.2 Å². The summed E-state index contributed by atoms with van der Waals surface area (Å²) in [6.45, 7) is 4.00. The van der Waals surface area contributed by atoms with Gasteiger partial charge in [-0.2, -0.15) is 10.5 Å². The molecule has 5 atom stereocenters. The quantitative estimate of drug-likeness (QED) is 0.638. The van der Waals surface area contributed by atoms with Crippen LogP contribution in [0.4, 0.5) is 0 Å². The van der Waals surface area contributed by atoms with Gasteiger partial charge in [-0.1, -0.05) is 6.92 Å². The first-order valence-corrected chi connectivity index (χ1v) is 5.51. The lowest BCUT2D eigenvalue weighted by Gasteiger charge is -2.25. The molecule has 2 N–H and O–H groups in total. The van der Waals surface area contributed by atoms with Crippen LogP contribution in [0.15, 0.2) is 4.99 Å². The van der Waals surface area contributed by atoms with Crippen molar-refractivity contribution in [2.75, 3.05) is 6.61 Å². The molecule has 17 heavy (non-hydrogen) atoms. The van der Waals surface area contributed by atoms with Crippen LogP contribution < -0.4 is 5.73 Å². The first-order chi connectivity index (χ1) is 8.00. The van der Waals surface area contributed by atoms with Crippen LogP contribution in [0.25, 0.3) is 0 Å². The highest BCUT2D eigenvalue weighted by Gasteiger charge is 2.92.